The molecule has 0 bridgehead atoms. The molecule has 2 aromatic carbocycles. The van der Waals surface area contributed by atoms with Crippen molar-refractivity contribution in [2.75, 3.05) is 11.9 Å². The molecule has 28 heavy (non-hydrogen) atoms. The number of likely N-dealkylation sites (N-methyl/N-ethyl adjacent to an activating group) is 1. The Bertz CT molecular complexity index is 1000. The van der Waals surface area contributed by atoms with Crippen LogP contribution >= 0.6 is 11.6 Å². The number of nitrogens with zero attached hydrogens (tertiary/aromatic N) is 1. The molecular weight excluding hydrogens is 404 g/mol. The zero-order chi connectivity index (χ0) is 21.1. The topological polar surface area (TPSA) is 107 Å². The monoisotopic (exact) mass is 424 g/mol. The van der Waals surface area contributed by atoms with Crippen LogP contribution in [0.4, 0.5) is 5.69 Å². The van der Waals surface area contributed by atoms with Gasteiger partial charge in [0.05, 0.1) is 9.92 Å². The maximum atomic E-state index is 12.4. The minimum atomic E-state index is -3.61. The van der Waals surface area contributed by atoms with Crippen LogP contribution in [0, 0.1) is 0 Å². The molecule has 2 rings (SSSR count). The lowest BCUT2D eigenvalue weighted by Crippen LogP contribution is -2.30. The maximum absolute atomic E-state index is 12.4. The number of carbonyl (C=O) groups excluding carboxylic acids is 1. The van der Waals surface area contributed by atoms with Crippen molar-refractivity contribution in [2.45, 2.75) is 24.8 Å². The van der Waals surface area contributed by atoms with E-state index in [1.807, 2.05) is 0 Å². The SMILES string of the molecule is CC(C)NS(=O)(=O)c1ccc(N(C)C(=O)C=Cc2ccc(O)c(O)c2Cl)cc1. The minimum Gasteiger partial charge on any atom is -0.504 e. The molecule has 0 heterocycles. The van der Waals surface area contributed by atoms with E-state index in [1.165, 1.54) is 53.5 Å². The van der Waals surface area contributed by atoms with Crippen LogP contribution in [0.3, 0.4) is 0 Å². The Hall–Kier alpha value is -2.55. The van der Waals surface area contributed by atoms with E-state index < -0.39 is 15.8 Å². The van der Waals surface area contributed by atoms with Crippen LogP contribution in [-0.2, 0) is 14.8 Å². The van der Waals surface area contributed by atoms with Crippen LogP contribution in [0.1, 0.15) is 19.4 Å². The number of hydrogen-bond acceptors (Lipinski definition) is 5. The smallest absolute Gasteiger partial charge is 0.250 e. The summed E-state index contributed by atoms with van der Waals surface area (Å²) < 4.78 is 26.8. The number of nitrogens with one attached hydrogen (secondary N) is 1. The lowest BCUT2D eigenvalue weighted by molar-refractivity contribution is -0.113. The van der Waals surface area contributed by atoms with Gasteiger partial charge >= 0.3 is 0 Å². The van der Waals surface area contributed by atoms with Gasteiger partial charge < -0.3 is 15.1 Å². The predicted octanol–water partition coefficient (Wildman–Crippen LogP) is 3.11. The first-order chi connectivity index (χ1) is 13.0. The van der Waals surface area contributed by atoms with Gasteiger partial charge in [-0.15, -0.1) is 0 Å². The Morgan fingerprint density at radius 3 is 2.32 bits per heavy atom. The second kappa shape index (κ2) is 8.64. The van der Waals surface area contributed by atoms with E-state index in [9.17, 15) is 23.4 Å². The quantitative estimate of drug-likeness (QED) is 0.488. The highest BCUT2D eigenvalue weighted by Crippen LogP contribution is 2.35. The molecule has 150 valence electrons. The number of benzene rings is 2. The van der Waals surface area contributed by atoms with Crippen molar-refractivity contribution in [1.82, 2.24) is 4.72 Å². The first-order valence-electron chi connectivity index (χ1n) is 8.31. The molecule has 0 unspecified atom stereocenters. The molecule has 2 aromatic rings. The molecule has 9 heteroatoms. The van der Waals surface area contributed by atoms with E-state index in [2.05, 4.69) is 4.72 Å². The van der Waals surface area contributed by atoms with E-state index in [-0.39, 0.29) is 27.6 Å². The third-order valence-corrected chi connectivity index (χ3v) is 5.86. The Labute approximate surface area is 168 Å². The Balaban J connectivity index is 2.16. The Kier molecular flexibility index (Phi) is 6.71. The number of amides is 1. The van der Waals surface area contributed by atoms with Crippen molar-refractivity contribution >= 4 is 39.3 Å². The molecule has 7 nitrogen and oxygen atoms in total. The fourth-order valence-electron chi connectivity index (χ4n) is 2.33. The van der Waals surface area contributed by atoms with E-state index in [1.54, 1.807) is 20.9 Å². The molecule has 0 aliphatic rings. The molecule has 0 aromatic heterocycles. The van der Waals surface area contributed by atoms with E-state index in [0.717, 1.165) is 0 Å². The number of rotatable bonds is 6. The van der Waals surface area contributed by atoms with Crippen molar-refractivity contribution < 1.29 is 23.4 Å². The summed E-state index contributed by atoms with van der Waals surface area (Å²) in [6.45, 7) is 3.45. The molecule has 0 fully saturated rings. The molecule has 0 aliphatic heterocycles. The third-order valence-electron chi connectivity index (χ3n) is 3.79. The van der Waals surface area contributed by atoms with Gasteiger partial charge in [-0.25, -0.2) is 13.1 Å². The lowest BCUT2D eigenvalue weighted by Gasteiger charge is -2.16. The van der Waals surface area contributed by atoms with Crippen LogP contribution < -0.4 is 9.62 Å². The summed E-state index contributed by atoms with van der Waals surface area (Å²) in [6, 6.07) is 8.39. The van der Waals surface area contributed by atoms with Crippen molar-refractivity contribution in [3.05, 3.63) is 53.1 Å². The number of anilines is 1. The van der Waals surface area contributed by atoms with Gasteiger partial charge in [0.25, 0.3) is 5.91 Å². The minimum absolute atomic E-state index is 0.0704. The molecule has 3 N–H and O–H groups in total. The zero-order valence-corrected chi connectivity index (χ0v) is 17.1. The number of halogens is 1. The maximum Gasteiger partial charge on any atom is 0.250 e. The van der Waals surface area contributed by atoms with Gasteiger partial charge in [-0.3, -0.25) is 4.79 Å². The van der Waals surface area contributed by atoms with Crippen molar-refractivity contribution in [2.24, 2.45) is 0 Å². The molecule has 0 saturated heterocycles. The first-order valence-corrected chi connectivity index (χ1v) is 10.2. The Morgan fingerprint density at radius 1 is 1.14 bits per heavy atom. The average Bonchev–Trinajstić information content (AvgIpc) is 2.64. The molecule has 0 aliphatic carbocycles. The predicted molar refractivity (Wildman–Crippen MR) is 109 cm³/mol. The molecule has 0 spiro atoms. The van der Waals surface area contributed by atoms with Gasteiger partial charge in [0.15, 0.2) is 11.5 Å². The summed E-state index contributed by atoms with van der Waals surface area (Å²) in [7, 11) is -2.07. The van der Waals surface area contributed by atoms with Crippen molar-refractivity contribution in [3.63, 3.8) is 0 Å². The Morgan fingerprint density at radius 2 is 1.75 bits per heavy atom. The van der Waals surface area contributed by atoms with E-state index >= 15 is 0 Å². The fraction of sp³-hybridized carbons (Fsp3) is 0.211. The summed E-state index contributed by atoms with van der Waals surface area (Å²) >= 11 is 5.93. The number of phenolic OH excluding ortho intramolecular Hbond substituents is 2. The van der Waals surface area contributed by atoms with Gasteiger partial charge in [0.2, 0.25) is 10.0 Å². The summed E-state index contributed by atoms with van der Waals surface area (Å²) in [4.78, 5) is 13.8. The van der Waals surface area contributed by atoms with Crippen LogP contribution in [0.2, 0.25) is 5.02 Å². The molecule has 0 atom stereocenters. The average molecular weight is 425 g/mol. The second-order valence-electron chi connectivity index (χ2n) is 6.34. The van der Waals surface area contributed by atoms with Gasteiger partial charge in [0.1, 0.15) is 0 Å². The van der Waals surface area contributed by atoms with Gasteiger partial charge in [0, 0.05) is 24.9 Å². The zero-order valence-electron chi connectivity index (χ0n) is 15.5. The lowest BCUT2D eigenvalue weighted by atomic mass is 10.2. The first kappa shape index (κ1) is 21.7. The summed E-state index contributed by atoms with van der Waals surface area (Å²) in [5.74, 6) is -1.21. The highest BCUT2D eigenvalue weighted by Gasteiger charge is 2.16. The molecule has 0 radical (unpaired) electrons. The molecular formula is C19H21ClN2O5S. The largest absolute Gasteiger partial charge is 0.504 e. The highest BCUT2D eigenvalue weighted by molar-refractivity contribution is 7.89. The second-order valence-corrected chi connectivity index (χ2v) is 8.43. The number of phenols is 2. The van der Waals surface area contributed by atoms with Crippen LogP contribution in [0.15, 0.2) is 47.4 Å². The van der Waals surface area contributed by atoms with Gasteiger partial charge in [-0.1, -0.05) is 11.6 Å². The molecule has 0 saturated carbocycles. The third kappa shape index (κ3) is 5.03. The summed E-state index contributed by atoms with van der Waals surface area (Å²) in [5, 5.41) is 18.9. The van der Waals surface area contributed by atoms with Crippen LogP contribution in [0.5, 0.6) is 11.5 Å². The number of sulfonamides is 1. The fourth-order valence-corrected chi connectivity index (χ4v) is 3.80. The highest BCUT2D eigenvalue weighted by atomic mass is 35.5. The van der Waals surface area contributed by atoms with Gasteiger partial charge in [-0.05, 0) is 61.9 Å². The summed E-state index contributed by atoms with van der Waals surface area (Å²) in [6.07, 6.45) is 2.66. The normalized spacial score (nSPS) is 11.9. The number of carbonyl (C=O) groups is 1. The van der Waals surface area contributed by atoms with Crippen molar-refractivity contribution in [1.29, 1.82) is 0 Å². The number of hydrogen-bond donors (Lipinski definition) is 3. The standard InChI is InChI=1S/C19H21ClN2O5S/c1-12(2)21-28(26,27)15-8-6-14(7-9-15)22(3)17(24)11-5-13-4-10-16(23)19(25)18(13)20/h4-12,21,23,25H,1-3H3. The van der Waals surface area contributed by atoms with Crippen LogP contribution in [0.25, 0.3) is 6.08 Å². The van der Waals surface area contributed by atoms with Crippen molar-refractivity contribution in [3.8, 4) is 11.5 Å². The van der Waals surface area contributed by atoms with Crippen LogP contribution in [-0.4, -0.2) is 37.6 Å². The van der Waals surface area contributed by atoms with Gasteiger partial charge in [-0.2, -0.15) is 0 Å². The van der Waals surface area contributed by atoms with E-state index in [0.29, 0.717) is 11.3 Å². The number of aromatic hydroxyl groups is 2. The summed E-state index contributed by atoms with van der Waals surface area (Å²) in [5.41, 5.74) is 0.859. The van der Waals surface area contributed by atoms with E-state index in [4.69, 9.17) is 11.6 Å². The molecule has 1 amide bonds.